The summed E-state index contributed by atoms with van der Waals surface area (Å²) in [7, 11) is 0. The van der Waals surface area contributed by atoms with Gasteiger partial charge in [0.1, 0.15) is 0 Å². The molecule has 0 aliphatic rings. The summed E-state index contributed by atoms with van der Waals surface area (Å²) in [5.41, 5.74) is 6.84. The average Bonchev–Trinajstić information content (AvgIpc) is 2.85. The summed E-state index contributed by atoms with van der Waals surface area (Å²) in [5.74, 6) is 0. The topological polar surface area (TPSA) is 49.8 Å². The van der Waals surface area contributed by atoms with E-state index in [-0.39, 0.29) is 11.6 Å². The minimum atomic E-state index is -0.0540. The molecule has 0 aliphatic carbocycles. The fourth-order valence-electron chi connectivity index (χ4n) is 2.51. The van der Waals surface area contributed by atoms with Crippen molar-refractivity contribution in [3.63, 3.8) is 0 Å². The zero-order chi connectivity index (χ0) is 15.5. The normalized spacial score (nSPS) is 12.1. The van der Waals surface area contributed by atoms with E-state index in [1.807, 2.05) is 74.5 Å². The lowest BCUT2D eigenvalue weighted by Crippen LogP contribution is -2.29. The molecule has 0 spiro atoms. The first-order valence-corrected chi connectivity index (χ1v) is 7.35. The minimum Gasteiger partial charge on any atom is -0.301 e. The molecule has 0 aliphatic heterocycles. The molecule has 22 heavy (non-hydrogen) atoms. The molecule has 2 aromatic carbocycles. The summed E-state index contributed by atoms with van der Waals surface area (Å²) in [6.45, 7) is 3.87. The predicted molar refractivity (Wildman–Crippen MR) is 89.4 cm³/mol. The van der Waals surface area contributed by atoms with Gasteiger partial charge in [-0.25, -0.2) is 0 Å². The van der Waals surface area contributed by atoms with E-state index in [9.17, 15) is 4.79 Å². The van der Waals surface area contributed by atoms with Gasteiger partial charge in [0.05, 0.1) is 11.7 Å². The molecule has 0 bridgehead atoms. The Hall–Kier alpha value is -2.75. The molecule has 0 saturated heterocycles. The van der Waals surface area contributed by atoms with Crippen molar-refractivity contribution in [2.75, 3.05) is 5.43 Å². The highest BCUT2D eigenvalue weighted by Crippen LogP contribution is 2.19. The molecule has 3 aromatic rings. The molecule has 1 unspecified atom stereocenters. The monoisotopic (exact) mass is 293 g/mol. The molecular weight excluding hydrogens is 274 g/mol. The maximum Gasteiger partial charge on any atom is 0.289 e. The van der Waals surface area contributed by atoms with E-state index in [4.69, 9.17) is 0 Å². The molecule has 4 nitrogen and oxygen atoms in total. The molecule has 1 aromatic heterocycles. The van der Waals surface area contributed by atoms with E-state index in [2.05, 4.69) is 10.5 Å². The summed E-state index contributed by atoms with van der Waals surface area (Å²) < 4.78 is 0. The maximum atomic E-state index is 12.4. The Morgan fingerprint density at radius 3 is 2.23 bits per heavy atom. The van der Waals surface area contributed by atoms with Crippen LogP contribution in [0.1, 0.15) is 24.1 Å². The third kappa shape index (κ3) is 2.68. The second-order valence-electron chi connectivity index (χ2n) is 5.38. The number of H-pyrrole nitrogens is 1. The SMILES string of the molecule is Cc1c(-c2ccccc2)[nH]n(NC(C)c2ccccc2)c1=O. The number of nitrogens with one attached hydrogen (secondary N) is 2. The standard InChI is InChI=1S/C18H19N3O/c1-13-17(16-11-7-4-8-12-16)20-21(18(13)22)19-14(2)15-9-5-3-6-10-15/h3-12,14,19-20H,1-2H3. The van der Waals surface area contributed by atoms with E-state index in [0.29, 0.717) is 5.56 Å². The van der Waals surface area contributed by atoms with Crippen molar-refractivity contribution in [3.8, 4) is 11.3 Å². The van der Waals surface area contributed by atoms with Gasteiger partial charge in [-0.1, -0.05) is 60.7 Å². The van der Waals surface area contributed by atoms with Crippen LogP contribution >= 0.6 is 0 Å². The number of aromatic amines is 1. The van der Waals surface area contributed by atoms with Crippen LogP contribution in [0.3, 0.4) is 0 Å². The summed E-state index contributed by atoms with van der Waals surface area (Å²) in [6.07, 6.45) is 0. The van der Waals surface area contributed by atoms with Gasteiger partial charge in [0, 0.05) is 5.56 Å². The molecule has 3 rings (SSSR count). The van der Waals surface area contributed by atoms with E-state index < -0.39 is 0 Å². The highest BCUT2D eigenvalue weighted by molar-refractivity contribution is 5.62. The Morgan fingerprint density at radius 2 is 1.59 bits per heavy atom. The highest BCUT2D eigenvalue weighted by atomic mass is 16.1. The Labute approximate surface area is 129 Å². The molecular formula is C18H19N3O. The van der Waals surface area contributed by atoms with Crippen LogP contribution in [0.4, 0.5) is 0 Å². The van der Waals surface area contributed by atoms with Crippen LogP contribution in [0.15, 0.2) is 65.5 Å². The molecule has 112 valence electrons. The molecule has 0 radical (unpaired) electrons. The molecule has 4 heteroatoms. The lowest BCUT2D eigenvalue weighted by Gasteiger charge is -2.15. The number of nitrogens with zero attached hydrogens (tertiary/aromatic N) is 1. The van der Waals surface area contributed by atoms with Gasteiger partial charge >= 0.3 is 0 Å². The quantitative estimate of drug-likeness (QED) is 0.774. The average molecular weight is 293 g/mol. The maximum absolute atomic E-state index is 12.4. The summed E-state index contributed by atoms with van der Waals surface area (Å²) >= 11 is 0. The van der Waals surface area contributed by atoms with Crippen molar-refractivity contribution >= 4 is 0 Å². The highest BCUT2D eigenvalue weighted by Gasteiger charge is 2.13. The third-order valence-corrected chi connectivity index (χ3v) is 3.81. The molecule has 0 saturated carbocycles. The third-order valence-electron chi connectivity index (χ3n) is 3.81. The van der Waals surface area contributed by atoms with Crippen molar-refractivity contribution in [1.29, 1.82) is 0 Å². The van der Waals surface area contributed by atoms with E-state index in [1.165, 1.54) is 4.79 Å². The van der Waals surface area contributed by atoms with Crippen molar-refractivity contribution < 1.29 is 0 Å². The van der Waals surface area contributed by atoms with Crippen LogP contribution in [-0.4, -0.2) is 9.89 Å². The fraction of sp³-hybridized carbons (Fsp3) is 0.167. The summed E-state index contributed by atoms with van der Waals surface area (Å²) in [4.78, 5) is 13.9. The van der Waals surface area contributed by atoms with Gasteiger partial charge in [0.2, 0.25) is 0 Å². The van der Waals surface area contributed by atoms with Crippen molar-refractivity contribution in [2.45, 2.75) is 19.9 Å². The van der Waals surface area contributed by atoms with Crippen LogP contribution in [0.5, 0.6) is 0 Å². The smallest absolute Gasteiger partial charge is 0.289 e. The number of hydrogen-bond donors (Lipinski definition) is 2. The van der Waals surface area contributed by atoms with Crippen LogP contribution in [-0.2, 0) is 0 Å². The number of aromatic nitrogens is 2. The van der Waals surface area contributed by atoms with Gasteiger partial charge in [0.15, 0.2) is 0 Å². The predicted octanol–water partition coefficient (Wildman–Crippen LogP) is 3.46. The zero-order valence-electron chi connectivity index (χ0n) is 12.7. The van der Waals surface area contributed by atoms with Crippen molar-refractivity contribution in [2.24, 2.45) is 0 Å². The molecule has 0 amide bonds. The van der Waals surface area contributed by atoms with Crippen molar-refractivity contribution in [3.05, 3.63) is 82.1 Å². The fourth-order valence-corrected chi connectivity index (χ4v) is 2.51. The van der Waals surface area contributed by atoms with Crippen LogP contribution in [0.25, 0.3) is 11.3 Å². The Kier molecular flexibility index (Phi) is 3.83. The van der Waals surface area contributed by atoms with Gasteiger partial charge in [0.25, 0.3) is 5.56 Å². The summed E-state index contributed by atoms with van der Waals surface area (Å²) in [5, 5.41) is 3.16. The van der Waals surface area contributed by atoms with Gasteiger partial charge < -0.3 is 5.43 Å². The number of hydrogen-bond acceptors (Lipinski definition) is 2. The van der Waals surface area contributed by atoms with Crippen LogP contribution in [0.2, 0.25) is 0 Å². The minimum absolute atomic E-state index is 0.0283. The molecule has 1 atom stereocenters. The lowest BCUT2D eigenvalue weighted by atomic mass is 10.1. The first-order chi connectivity index (χ1) is 10.7. The Balaban J connectivity index is 1.91. The molecule has 1 heterocycles. The number of rotatable bonds is 4. The van der Waals surface area contributed by atoms with Gasteiger partial charge in [-0.2, -0.15) is 4.79 Å². The summed E-state index contributed by atoms with van der Waals surface area (Å²) in [6, 6.07) is 19.9. The van der Waals surface area contributed by atoms with Gasteiger partial charge in [-0.15, -0.1) is 0 Å². The van der Waals surface area contributed by atoms with Crippen LogP contribution in [0, 0.1) is 6.92 Å². The first kappa shape index (κ1) is 14.2. The lowest BCUT2D eigenvalue weighted by molar-refractivity contribution is 0.644. The van der Waals surface area contributed by atoms with E-state index in [1.54, 1.807) is 0 Å². The second-order valence-corrected chi connectivity index (χ2v) is 5.38. The van der Waals surface area contributed by atoms with E-state index in [0.717, 1.165) is 16.8 Å². The molecule has 0 fully saturated rings. The molecule has 2 N–H and O–H groups in total. The van der Waals surface area contributed by atoms with Crippen LogP contribution < -0.4 is 11.0 Å². The van der Waals surface area contributed by atoms with Gasteiger partial charge in [-0.05, 0) is 25.0 Å². The van der Waals surface area contributed by atoms with Gasteiger partial charge in [-0.3, -0.25) is 9.89 Å². The largest absolute Gasteiger partial charge is 0.301 e. The number of benzene rings is 2. The van der Waals surface area contributed by atoms with E-state index >= 15 is 0 Å². The Bertz CT molecular complexity index is 803. The second kappa shape index (κ2) is 5.93. The Morgan fingerprint density at radius 1 is 1.00 bits per heavy atom. The first-order valence-electron chi connectivity index (χ1n) is 7.35. The van der Waals surface area contributed by atoms with Crippen molar-refractivity contribution in [1.82, 2.24) is 9.89 Å². The zero-order valence-corrected chi connectivity index (χ0v) is 12.7.